The van der Waals surface area contributed by atoms with Gasteiger partial charge in [0.15, 0.2) is 0 Å². The second-order valence-electron chi connectivity index (χ2n) is 9.01. The quantitative estimate of drug-likeness (QED) is 0.743. The molecule has 0 amide bonds. The Hall–Kier alpha value is -0.0800. The Balaban J connectivity index is 1.60. The lowest BCUT2D eigenvalue weighted by atomic mass is 9.75. The molecule has 0 aromatic rings. The van der Waals surface area contributed by atoms with Crippen LogP contribution in [0.25, 0.3) is 0 Å². The van der Waals surface area contributed by atoms with Crippen molar-refractivity contribution in [2.75, 3.05) is 0 Å². The summed E-state index contributed by atoms with van der Waals surface area (Å²) in [4.78, 5) is 0. The Morgan fingerprint density at radius 3 is 2.30 bits per heavy atom. The van der Waals surface area contributed by atoms with E-state index in [2.05, 4.69) is 6.92 Å². The maximum atomic E-state index is 9.64. The lowest BCUT2D eigenvalue weighted by Crippen LogP contribution is -2.34. The largest absolute Gasteiger partial charge is 0.393 e. The van der Waals surface area contributed by atoms with Gasteiger partial charge in [-0.3, -0.25) is 0 Å². The Morgan fingerprint density at radius 2 is 1.61 bits per heavy atom. The third-order valence-corrected chi connectivity index (χ3v) is 6.72. The van der Waals surface area contributed by atoms with Gasteiger partial charge in [0.05, 0.1) is 17.8 Å². The monoisotopic (exact) mass is 322 g/mol. The number of hydrogen-bond donors (Lipinski definition) is 1. The number of aliphatic hydroxyl groups excluding tert-OH is 1. The minimum absolute atomic E-state index is 0.200. The van der Waals surface area contributed by atoms with E-state index >= 15 is 0 Å². The molecule has 0 saturated heterocycles. The van der Waals surface area contributed by atoms with Gasteiger partial charge in [-0.1, -0.05) is 57.8 Å². The molecular weight excluding hydrogens is 284 g/mol. The van der Waals surface area contributed by atoms with Crippen LogP contribution in [0.2, 0.25) is 0 Å². The van der Waals surface area contributed by atoms with E-state index in [9.17, 15) is 5.11 Å². The molecule has 2 nitrogen and oxygen atoms in total. The van der Waals surface area contributed by atoms with Gasteiger partial charge in [-0.25, -0.2) is 0 Å². The predicted octanol–water partition coefficient (Wildman–Crippen LogP) is 5.47. The smallest absolute Gasteiger partial charge is 0.0724 e. The van der Waals surface area contributed by atoms with Crippen molar-refractivity contribution < 1.29 is 9.84 Å². The van der Waals surface area contributed by atoms with Gasteiger partial charge in [0.2, 0.25) is 0 Å². The van der Waals surface area contributed by atoms with Gasteiger partial charge in [-0.15, -0.1) is 0 Å². The van der Waals surface area contributed by atoms with Crippen molar-refractivity contribution >= 4 is 0 Å². The van der Waals surface area contributed by atoms with Gasteiger partial charge in [0.1, 0.15) is 0 Å². The highest BCUT2D eigenvalue weighted by atomic mass is 16.5. The second-order valence-corrected chi connectivity index (χ2v) is 9.01. The van der Waals surface area contributed by atoms with Crippen molar-refractivity contribution in [1.29, 1.82) is 0 Å². The highest BCUT2D eigenvalue weighted by molar-refractivity contribution is 5.12. The summed E-state index contributed by atoms with van der Waals surface area (Å²) in [5.74, 6) is 2.65. The van der Waals surface area contributed by atoms with Crippen molar-refractivity contribution in [3.05, 3.63) is 0 Å². The zero-order valence-electron chi connectivity index (χ0n) is 15.4. The molecule has 23 heavy (non-hydrogen) atoms. The molecule has 3 aliphatic carbocycles. The molecule has 6 atom stereocenters. The first-order chi connectivity index (χ1) is 11.1. The number of rotatable bonds is 4. The predicted molar refractivity (Wildman–Crippen MR) is 95.4 cm³/mol. The van der Waals surface area contributed by atoms with Gasteiger partial charge in [-0.05, 0) is 57.3 Å². The van der Waals surface area contributed by atoms with Crippen LogP contribution in [0.5, 0.6) is 0 Å². The summed E-state index contributed by atoms with van der Waals surface area (Å²) in [6.07, 6.45) is 17.8. The zero-order valence-corrected chi connectivity index (χ0v) is 15.4. The lowest BCUT2D eigenvalue weighted by Gasteiger charge is -2.36. The first-order valence-electron chi connectivity index (χ1n) is 10.4. The number of hydrogen-bond acceptors (Lipinski definition) is 2. The third-order valence-electron chi connectivity index (χ3n) is 6.72. The van der Waals surface area contributed by atoms with E-state index in [1.807, 2.05) is 6.92 Å². The summed E-state index contributed by atoms with van der Waals surface area (Å²) < 4.78 is 6.56. The van der Waals surface area contributed by atoms with E-state index in [0.29, 0.717) is 0 Å². The molecule has 0 aromatic heterocycles. The Kier molecular flexibility index (Phi) is 6.07. The molecule has 2 heteroatoms. The Morgan fingerprint density at radius 1 is 0.957 bits per heavy atom. The molecule has 3 saturated carbocycles. The van der Waals surface area contributed by atoms with Crippen LogP contribution in [-0.2, 0) is 4.74 Å². The van der Waals surface area contributed by atoms with Crippen molar-refractivity contribution in [2.24, 2.45) is 17.8 Å². The molecule has 1 N–H and O–H groups in total. The minimum Gasteiger partial charge on any atom is -0.393 e. The fourth-order valence-corrected chi connectivity index (χ4v) is 5.68. The topological polar surface area (TPSA) is 29.5 Å². The molecule has 3 aliphatic rings. The molecule has 0 heterocycles. The summed E-state index contributed by atoms with van der Waals surface area (Å²) in [7, 11) is 0. The average Bonchev–Trinajstić information content (AvgIpc) is 3.16. The van der Waals surface area contributed by atoms with Crippen LogP contribution in [0.3, 0.4) is 0 Å². The summed E-state index contributed by atoms with van der Waals surface area (Å²) in [5, 5.41) is 9.64. The number of fused-ring (bicyclic) bond motifs is 4. The maximum Gasteiger partial charge on any atom is 0.0724 e. The molecule has 0 aliphatic heterocycles. The van der Waals surface area contributed by atoms with Crippen LogP contribution in [0.15, 0.2) is 0 Å². The van der Waals surface area contributed by atoms with Crippen molar-refractivity contribution in [3.63, 3.8) is 0 Å². The van der Waals surface area contributed by atoms with Crippen LogP contribution in [0.1, 0.15) is 97.3 Å². The van der Waals surface area contributed by atoms with Gasteiger partial charge in [0, 0.05) is 0 Å². The number of aliphatic hydroxyl groups is 1. The standard InChI is InChI=1S/C21H38O2/c1-16(22)12-17(2)23-21-14-18-10-8-6-4-3-5-7-9-11-19(13-18)20(21)15-21/h16-20,22H,3-15H2,1-2H3/t16-,17-,18+,19-,20+,21-/m1/s1. The lowest BCUT2D eigenvalue weighted by molar-refractivity contribution is -0.0780. The average molecular weight is 323 g/mol. The Bertz CT molecular complexity index is 367. The van der Waals surface area contributed by atoms with Gasteiger partial charge >= 0.3 is 0 Å². The van der Waals surface area contributed by atoms with E-state index < -0.39 is 0 Å². The fourth-order valence-electron chi connectivity index (χ4n) is 5.68. The SMILES string of the molecule is C[C@H](C[C@@H](C)O)O[C@@]12C[C@H]3CCCCCCCCC[C@H](C3)[C@@H]1C2. The molecule has 0 spiro atoms. The summed E-state index contributed by atoms with van der Waals surface area (Å²) in [6, 6.07) is 0. The molecular formula is C21H38O2. The van der Waals surface area contributed by atoms with Crippen LogP contribution >= 0.6 is 0 Å². The molecule has 3 fully saturated rings. The van der Waals surface area contributed by atoms with Crippen molar-refractivity contribution in [2.45, 2.75) is 115 Å². The number of ether oxygens (including phenoxy) is 1. The maximum absolute atomic E-state index is 9.64. The van der Waals surface area contributed by atoms with E-state index in [1.54, 1.807) is 0 Å². The Labute approximate surface area is 143 Å². The van der Waals surface area contributed by atoms with Crippen LogP contribution in [0.4, 0.5) is 0 Å². The van der Waals surface area contributed by atoms with Crippen LogP contribution < -0.4 is 0 Å². The molecule has 3 rings (SSSR count). The first-order valence-corrected chi connectivity index (χ1v) is 10.4. The molecule has 2 bridgehead atoms. The summed E-state index contributed by atoms with van der Waals surface area (Å²) >= 11 is 0. The normalized spacial score (nSPS) is 41.1. The molecule has 0 radical (unpaired) electrons. The highest BCUT2D eigenvalue weighted by Gasteiger charge is 2.62. The van der Waals surface area contributed by atoms with Crippen molar-refractivity contribution in [3.8, 4) is 0 Å². The molecule has 0 unspecified atom stereocenters. The van der Waals surface area contributed by atoms with Gasteiger partial charge < -0.3 is 9.84 Å². The molecule has 0 aromatic carbocycles. The van der Waals surface area contributed by atoms with Crippen LogP contribution in [0, 0.1) is 17.8 Å². The van der Waals surface area contributed by atoms with E-state index in [1.165, 1.54) is 77.0 Å². The van der Waals surface area contributed by atoms with E-state index in [0.717, 1.165) is 24.2 Å². The molecule has 134 valence electrons. The first kappa shape index (κ1) is 17.7. The van der Waals surface area contributed by atoms with Crippen molar-refractivity contribution in [1.82, 2.24) is 0 Å². The fraction of sp³-hybridized carbons (Fsp3) is 1.00. The van der Waals surface area contributed by atoms with E-state index in [-0.39, 0.29) is 17.8 Å². The summed E-state index contributed by atoms with van der Waals surface area (Å²) in [6.45, 7) is 4.04. The van der Waals surface area contributed by atoms with Crippen LogP contribution in [-0.4, -0.2) is 22.9 Å². The van der Waals surface area contributed by atoms with Gasteiger partial charge in [0.25, 0.3) is 0 Å². The third kappa shape index (κ3) is 4.72. The minimum atomic E-state index is -0.244. The highest BCUT2D eigenvalue weighted by Crippen LogP contribution is 2.62. The second kappa shape index (κ2) is 7.87. The zero-order chi connectivity index (χ0) is 16.3. The van der Waals surface area contributed by atoms with Gasteiger partial charge in [-0.2, -0.15) is 0 Å². The van der Waals surface area contributed by atoms with E-state index in [4.69, 9.17) is 4.74 Å². The summed E-state index contributed by atoms with van der Waals surface area (Å²) in [5.41, 5.74) is 0.200.